The molecule has 3 heterocycles. The molecule has 0 amide bonds. The number of halogens is 1. The van der Waals surface area contributed by atoms with E-state index in [2.05, 4.69) is 53.3 Å². The number of thiocarbonyl (C=S) groups is 1. The van der Waals surface area contributed by atoms with E-state index in [0.29, 0.717) is 16.8 Å². The van der Waals surface area contributed by atoms with Gasteiger partial charge in [-0.15, -0.1) is 0 Å². The van der Waals surface area contributed by atoms with Gasteiger partial charge < -0.3 is 14.6 Å². The number of hydrogen-bond donors (Lipinski definition) is 1. The molecule has 2 atom stereocenters. The molecular weight excluding hydrogens is 433 g/mol. The van der Waals surface area contributed by atoms with E-state index in [1.807, 2.05) is 30.3 Å². The fourth-order valence-corrected chi connectivity index (χ4v) is 4.57. The molecule has 0 saturated carbocycles. The molecule has 1 N–H and O–H groups in total. The molecule has 1 saturated heterocycles. The fraction of sp³-hybridized carbons (Fsp3) is 0.185. The van der Waals surface area contributed by atoms with Gasteiger partial charge in [-0.1, -0.05) is 32.0 Å². The van der Waals surface area contributed by atoms with E-state index in [0.717, 1.165) is 22.7 Å². The monoisotopic (exact) mass is 457 g/mol. The molecular formula is C27H24FN3OS. The van der Waals surface area contributed by atoms with Crippen LogP contribution in [0.5, 0.6) is 0 Å². The molecule has 0 spiro atoms. The summed E-state index contributed by atoms with van der Waals surface area (Å²) in [4.78, 5) is 6.67. The van der Waals surface area contributed by atoms with E-state index in [9.17, 15) is 4.39 Å². The predicted molar refractivity (Wildman–Crippen MR) is 133 cm³/mol. The molecule has 2 aromatic heterocycles. The Balaban J connectivity index is 1.57. The molecule has 1 fully saturated rings. The lowest BCUT2D eigenvalue weighted by Gasteiger charge is -2.26. The highest BCUT2D eigenvalue weighted by atomic mass is 32.1. The number of benzene rings is 2. The molecule has 33 heavy (non-hydrogen) atoms. The van der Waals surface area contributed by atoms with Gasteiger partial charge in [0.05, 0.1) is 11.7 Å². The molecule has 6 heteroatoms. The number of aromatic nitrogens is 1. The zero-order valence-corrected chi connectivity index (χ0v) is 19.2. The minimum atomic E-state index is -0.276. The highest BCUT2D eigenvalue weighted by Gasteiger charge is 2.42. The lowest BCUT2D eigenvalue weighted by molar-refractivity contribution is 0.439. The van der Waals surface area contributed by atoms with Crippen molar-refractivity contribution in [2.45, 2.75) is 31.8 Å². The highest BCUT2D eigenvalue weighted by molar-refractivity contribution is 7.80. The smallest absolute Gasteiger partial charge is 0.174 e. The third-order valence-electron chi connectivity index (χ3n) is 5.98. The summed E-state index contributed by atoms with van der Waals surface area (Å²) in [6.07, 6.45) is 1.78. The van der Waals surface area contributed by atoms with Gasteiger partial charge >= 0.3 is 0 Å². The molecule has 4 aromatic rings. The Morgan fingerprint density at radius 2 is 1.73 bits per heavy atom. The number of anilines is 1. The van der Waals surface area contributed by atoms with Gasteiger partial charge in [0.25, 0.3) is 0 Å². The maximum Gasteiger partial charge on any atom is 0.174 e. The third-order valence-corrected chi connectivity index (χ3v) is 6.30. The second-order valence-corrected chi connectivity index (χ2v) is 8.84. The Morgan fingerprint density at radius 3 is 2.39 bits per heavy atom. The van der Waals surface area contributed by atoms with Crippen LogP contribution in [0.3, 0.4) is 0 Å². The van der Waals surface area contributed by atoms with Crippen molar-refractivity contribution in [3.63, 3.8) is 0 Å². The molecule has 0 radical (unpaired) electrons. The van der Waals surface area contributed by atoms with Gasteiger partial charge in [0.1, 0.15) is 23.4 Å². The highest BCUT2D eigenvalue weighted by Crippen LogP contribution is 2.43. The average molecular weight is 458 g/mol. The Bertz CT molecular complexity index is 1250. The third kappa shape index (κ3) is 4.14. The Morgan fingerprint density at radius 1 is 0.970 bits per heavy atom. The van der Waals surface area contributed by atoms with Crippen LogP contribution >= 0.6 is 12.2 Å². The lowest BCUT2D eigenvalue weighted by Crippen LogP contribution is -2.29. The maximum absolute atomic E-state index is 13.4. The maximum atomic E-state index is 13.4. The van der Waals surface area contributed by atoms with Crippen molar-refractivity contribution in [1.82, 2.24) is 10.3 Å². The topological polar surface area (TPSA) is 41.3 Å². The second kappa shape index (κ2) is 8.79. The number of nitrogens with zero attached hydrogens (tertiary/aromatic N) is 2. The summed E-state index contributed by atoms with van der Waals surface area (Å²) >= 11 is 5.78. The quantitative estimate of drug-likeness (QED) is 0.335. The van der Waals surface area contributed by atoms with Crippen LogP contribution in [0.2, 0.25) is 0 Å². The second-order valence-electron chi connectivity index (χ2n) is 8.45. The summed E-state index contributed by atoms with van der Waals surface area (Å²) in [5.74, 6) is 1.60. The van der Waals surface area contributed by atoms with E-state index >= 15 is 0 Å². The largest absolute Gasteiger partial charge is 0.459 e. The van der Waals surface area contributed by atoms with Crippen molar-refractivity contribution in [2.24, 2.45) is 0 Å². The molecule has 0 unspecified atom stereocenters. The Hall–Kier alpha value is -3.51. The van der Waals surface area contributed by atoms with E-state index in [4.69, 9.17) is 16.6 Å². The van der Waals surface area contributed by atoms with Gasteiger partial charge in [0.15, 0.2) is 5.11 Å². The van der Waals surface area contributed by atoms with E-state index in [-0.39, 0.29) is 17.9 Å². The van der Waals surface area contributed by atoms with Crippen molar-refractivity contribution >= 4 is 23.0 Å². The summed E-state index contributed by atoms with van der Waals surface area (Å²) in [6, 6.07) is 24.1. The first-order chi connectivity index (χ1) is 16.0. The number of furan rings is 1. The number of pyridine rings is 1. The normalized spacial score (nSPS) is 18.1. The fourth-order valence-electron chi connectivity index (χ4n) is 4.22. The standard InChI is InChI=1S/C27H24FN3OS/c1-17(2)18-8-12-21(13-9-18)31-26(25(30-27(31)33)22-5-3-4-16-29-22)24-15-14-23(32-24)19-6-10-20(28)11-7-19/h3-17,25-26H,1-2H3,(H,30,33)/t25-,26+/m1/s1. The summed E-state index contributed by atoms with van der Waals surface area (Å²) in [7, 11) is 0. The van der Waals surface area contributed by atoms with Crippen molar-refractivity contribution in [3.8, 4) is 11.3 Å². The first-order valence-corrected chi connectivity index (χ1v) is 11.4. The molecule has 1 aliphatic heterocycles. The van der Waals surface area contributed by atoms with Gasteiger partial charge in [-0.2, -0.15) is 0 Å². The molecule has 0 aliphatic carbocycles. The van der Waals surface area contributed by atoms with Crippen molar-refractivity contribution in [1.29, 1.82) is 0 Å². The number of nitrogens with one attached hydrogen (secondary N) is 1. The average Bonchev–Trinajstić information content (AvgIpc) is 3.45. The molecule has 4 nitrogen and oxygen atoms in total. The summed E-state index contributed by atoms with van der Waals surface area (Å²) in [5.41, 5.74) is 3.95. The van der Waals surface area contributed by atoms with Gasteiger partial charge in [-0.05, 0) is 84.4 Å². The van der Waals surface area contributed by atoms with Crippen LogP contribution in [-0.4, -0.2) is 10.1 Å². The van der Waals surface area contributed by atoms with E-state index < -0.39 is 0 Å². The molecule has 166 valence electrons. The van der Waals surface area contributed by atoms with Crippen LogP contribution < -0.4 is 10.2 Å². The van der Waals surface area contributed by atoms with Crippen LogP contribution in [0.1, 0.15) is 48.9 Å². The molecule has 5 rings (SSSR count). The molecule has 0 bridgehead atoms. The minimum absolute atomic E-state index is 0.185. The van der Waals surface area contributed by atoms with Crippen molar-refractivity contribution in [3.05, 3.63) is 108 Å². The Kier molecular flexibility index (Phi) is 5.68. The van der Waals surface area contributed by atoms with Gasteiger partial charge in [-0.3, -0.25) is 4.98 Å². The van der Waals surface area contributed by atoms with Crippen LogP contribution in [-0.2, 0) is 0 Å². The summed E-state index contributed by atoms with van der Waals surface area (Å²) < 4.78 is 19.7. The van der Waals surface area contributed by atoms with Gasteiger partial charge in [0.2, 0.25) is 0 Å². The number of hydrogen-bond acceptors (Lipinski definition) is 3. The zero-order valence-electron chi connectivity index (χ0n) is 18.4. The SMILES string of the molecule is CC(C)c1ccc(N2C(=S)N[C@H](c3ccccn3)[C@@H]2c2ccc(-c3ccc(F)cc3)o2)cc1. The van der Waals surface area contributed by atoms with Crippen molar-refractivity contribution < 1.29 is 8.81 Å². The number of rotatable bonds is 5. The molecule has 2 aromatic carbocycles. The van der Waals surface area contributed by atoms with Gasteiger partial charge in [0, 0.05) is 17.4 Å². The first kappa shape index (κ1) is 21.3. The van der Waals surface area contributed by atoms with Crippen LogP contribution in [0, 0.1) is 5.82 Å². The van der Waals surface area contributed by atoms with E-state index in [1.54, 1.807) is 18.3 Å². The zero-order chi connectivity index (χ0) is 22.9. The van der Waals surface area contributed by atoms with Crippen LogP contribution in [0.4, 0.5) is 10.1 Å². The first-order valence-electron chi connectivity index (χ1n) is 11.0. The Labute approximate surface area is 198 Å². The van der Waals surface area contributed by atoms with Gasteiger partial charge in [-0.25, -0.2) is 4.39 Å². The van der Waals surface area contributed by atoms with Crippen LogP contribution in [0.15, 0.2) is 89.5 Å². The lowest BCUT2D eigenvalue weighted by atomic mass is 10.0. The van der Waals surface area contributed by atoms with E-state index in [1.165, 1.54) is 17.7 Å². The molecule has 1 aliphatic rings. The summed E-state index contributed by atoms with van der Waals surface area (Å²) in [5, 5.41) is 4.06. The van der Waals surface area contributed by atoms with Crippen LogP contribution in [0.25, 0.3) is 11.3 Å². The minimum Gasteiger partial charge on any atom is -0.459 e. The predicted octanol–water partition coefficient (Wildman–Crippen LogP) is 6.78. The summed E-state index contributed by atoms with van der Waals surface area (Å²) in [6.45, 7) is 4.35. The van der Waals surface area contributed by atoms with Crippen molar-refractivity contribution in [2.75, 3.05) is 4.90 Å².